The fraction of sp³-hybridized carbons (Fsp3) is 0.526. The highest BCUT2D eigenvalue weighted by Crippen LogP contribution is 2.25. The van der Waals surface area contributed by atoms with Gasteiger partial charge in [0.15, 0.2) is 11.5 Å². The Kier molecular flexibility index (Phi) is 7.16. The molecule has 1 saturated heterocycles. The predicted octanol–water partition coefficient (Wildman–Crippen LogP) is 2.45. The molecular formula is C19H25FN4O3S. The van der Waals surface area contributed by atoms with Crippen LogP contribution in [0.2, 0.25) is 0 Å². The van der Waals surface area contributed by atoms with Gasteiger partial charge in [-0.1, -0.05) is 17.6 Å². The van der Waals surface area contributed by atoms with Gasteiger partial charge in [0.2, 0.25) is 5.91 Å². The predicted molar refractivity (Wildman–Crippen MR) is 105 cm³/mol. The highest BCUT2D eigenvalue weighted by atomic mass is 32.1. The van der Waals surface area contributed by atoms with Gasteiger partial charge in [0.05, 0.1) is 10.8 Å². The monoisotopic (exact) mass is 408 g/mol. The largest absolute Gasteiger partial charge is 0.369 e. The van der Waals surface area contributed by atoms with Gasteiger partial charge in [-0.3, -0.25) is 9.59 Å². The van der Waals surface area contributed by atoms with Gasteiger partial charge in [0.25, 0.3) is 5.91 Å². The number of likely N-dealkylation sites (tertiary alicyclic amines) is 1. The van der Waals surface area contributed by atoms with E-state index in [4.69, 9.17) is 10.3 Å². The summed E-state index contributed by atoms with van der Waals surface area (Å²) < 4.78 is 19.1. The summed E-state index contributed by atoms with van der Waals surface area (Å²) in [5, 5.41) is 8.59. The van der Waals surface area contributed by atoms with Crippen LogP contribution in [0.25, 0.3) is 10.6 Å². The Hall–Kier alpha value is -2.26. The Labute approximate surface area is 167 Å². The van der Waals surface area contributed by atoms with E-state index in [1.165, 1.54) is 11.3 Å². The van der Waals surface area contributed by atoms with Gasteiger partial charge >= 0.3 is 0 Å². The Morgan fingerprint density at radius 3 is 2.96 bits per heavy atom. The first kappa shape index (κ1) is 20.5. The van der Waals surface area contributed by atoms with Crippen LogP contribution in [-0.4, -0.2) is 54.2 Å². The van der Waals surface area contributed by atoms with Crippen molar-refractivity contribution < 1.29 is 18.5 Å². The number of carbonyl (C=O) groups excluding carboxylic acids is 2. The number of amides is 2. The van der Waals surface area contributed by atoms with Gasteiger partial charge in [0.1, 0.15) is 6.17 Å². The van der Waals surface area contributed by atoms with Gasteiger partial charge in [-0.2, -0.15) is 0 Å². The minimum atomic E-state index is -1.17. The highest BCUT2D eigenvalue weighted by Gasteiger charge is 2.32. The van der Waals surface area contributed by atoms with Gasteiger partial charge in [-0.25, -0.2) is 4.39 Å². The second-order valence-corrected chi connectivity index (χ2v) is 7.93. The zero-order valence-electron chi connectivity index (χ0n) is 15.6. The number of carbonyl (C=O) groups is 2. The van der Waals surface area contributed by atoms with E-state index in [1.54, 1.807) is 6.07 Å². The zero-order chi connectivity index (χ0) is 19.9. The van der Waals surface area contributed by atoms with Crippen molar-refractivity contribution in [3.8, 4) is 10.6 Å². The molecule has 7 nitrogen and oxygen atoms in total. The molecule has 2 atom stereocenters. The lowest BCUT2D eigenvalue weighted by atomic mass is 9.94. The fourth-order valence-corrected chi connectivity index (χ4v) is 4.01. The van der Waals surface area contributed by atoms with Crippen LogP contribution in [0.1, 0.15) is 36.2 Å². The Bertz CT molecular complexity index is 780. The lowest BCUT2D eigenvalue weighted by Gasteiger charge is -2.33. The highest BCUT2D eigenvalue weighted by molar-refractivity contribution is 7.13. The van der Waals surface area contributed by atoms with E-state index < -0.39 is 18.0 Å². The van der Waals surface area contributed by atoms with Crippen molar-refractivity contribution in [3.63, 3.8) is 0 Å². The first-order valence-corrected chi connectivity index (χ1v) is 10.4. The second kappa shape index (κ2) is 9.79. The molecule has 1 aliphatic rings. The summed E-state index contributed by atoms with van der Waals surface area (Å²) in [5.74, 6) is -0.854. The third kappa shape index (κ3) is 5.39. The summed E-state index contributed by atoms with van der Waals surface area (Å²) in [7, 11) is 0. The molecule has 152 valence electrons. The van der Waals surface area contributed by atoms with Crippen molar-refractivity contribution in [2.75, 3.05) is 26.2 Å². The number of nitrogens with one attached hydrogen (secondary N) is 1. The fourth-order valence-electron chi connectivity index (χ4n) is 3.34. The Morgan fingerprint density at radius 2 is 2.25 bits per heavy atom. The van der Waals surface area contributed by atoms with Gasteiger partial charge in [-0.15, -0.1) is 11.3 Å². The molecule has 9 heteroatoms. The maximum atomic E-state index is 13.9. The van der Waals surface area contributed by atoms with Gasteiger partial charge < -0.3 is 20.5 Å². The summed E-state index contributed by atoms with van der Waals surface area (Å²) in [4.78, 5) is 26.2. The topological polar surface area (TPSA) is 101 Å². The molecule has 28 heavy (non-hydrogen) atoms. The first-order valence-electron chi connectivity index (χ1n) is 9.49. The number of nitrogens with two attached hydrogens (primary N) is 1. The summed E-state index contributed by atoms with van der Waals surface area (Å²) in [6, 6.07) is 5.47. The molecule has 1 aliphatic heterocycles. The van der Waals surface area contributed by atoms with E-state index in [0.717, 1.165) is 30.7 Å². The number of rotatable bonds is 9. The molecule has 2 amide bonds. The maximum absolute atomic E-state index is 13.9. The third-order valence-corrected chi connectivity index (χ3v) is 5.82. The minimum Gasteiger partial charge on any atom is -0.369 e. The molecule has 0 unspecified atom stereocenters. The van der Waals surface area contributed by atoms with Crippen molar-refractivity contribution in [2.24, 2.45) is 11.7 Å². The number of halogens is 1. The number of thiophene rings is 1. The van der Waals surface area contributed by atoms with E-state index in [1.807, 2.05) is 22.4 Å². The molecule has 2 aromatic heterocycles. The molecule has 3 heterocycles. The average molecular weight is 408 g/mol. The van der Waals surface area contributed by atoms with Crippen LogP contribution in [0.15, 0.2) is 28.1 Å². The first-order chi connectivity index (χ1) is 13.5. The number of hydrogen-bond acceptors (Lipinski definition) is 6. The number of nitrogens with zero attached hydrogens (tertiary/aromatic N) is 2. The zero-order valence-corrected chi connectivity index (χ0v) is 16.4. The Morgan fingerprint density at radius 1 is 1.39 bits per heavy atom. The van der Waals surface area contributed by atoms with Crippen molar-refractivity contribution >= 4 is 23.2 Å². The summed E-state index contributed by atoms with van der Waals surface area (Å²) in [5.41, 5.74) is 5.48. The molecule has 0 aliphatic carbocycles. The van der Waals surface area contributed by atoms with Crippen molar-refractivity contribution in [1.82, 2.24) is 15.4 Å². The van der Waals surface area contributed by atoms with Crippen LogP contribution in [0.3, 0.4) is 0 Å². The third-order valence-electron chi connectivity index (χ3n) is 4.93. The maximum Gasteiger partial charge on any atom is 0.273 e. The second-order valence-electron chi connectivity index (χ2n) is 6.98. The van der Waals surface area contributed by atoms with Crippen LogP contribution in [0.4, 0.5) is 4.39 Å². The van der Waals surface area contributed by atoms with Crippen molar-refractivity contribution in [1.29, 1.82) is 0 Å². The van der Waals surface area contributed by atoms with E-state index in [9.17, 15) is 14.0 Å². The molecular weight excluding hydrogens is 383 g/mol. The van der Waals surface area contributed by atoms with E-state index in [0.29, 0.717) is 25.3 Å². The minimum absolute atomic E-state index is 0.250. The van der Waals surface area contributed by atoms with Gasteiger partial charge in [0, 0.05) is 19.2 Å². The smallest absolute Gasteiger partial charge is 0.273 e. The number of unbranched alkanes of at least 4 members (excludes halogenated alkanes) is 2. The summed E-state index contributed by atoms with van der Waals surface area (Å²) in [6.07, 6.45) is 1.98. The van der Waals surface area contributed by atoms with E-state index in [2.05, 4.69) is 10.5 Å². The van der Waals surface area contributed by atoms with Crippen molar-refractivity contribution in [3.05, 3.63) is 29.3 Å². The normalized spacial score (nSPS) is 20.2. The molecule has 0 spiro atoms. The number of alkyl halides is 1. The summed E-state index contributed by atoms with van der Waals surface area (Å²) in [6.45, 7) is 2.30. The van der Waals surface area contributed by atoms with Crippen LogP contribution in [0, 0.1) is 5.92 Å². The lowest BCUT2D eigenvalue weighted by Crippen LogP contribution is -2.46. The Balaban J connectivity index is 1.29. The molecule has 0 radical (unpaired) electrons. The van der Waals surface area contributed by atoms with E-state index >= 15 is 0 Å². The summed E-state index contributed by atoms with van der Waals surface area (Å²) >= 11 is 1.53. The molecule has 3 N–H and O–H groups in total. The molecule has 0 bridgehead atoms. The number of piperidine rings is 1. The molecule has 3 rings (SSSR count). The standard InChI is InChI=1S/C19H25FN4O3S/c20-14-12-24(9-6-13(14)18(21)25)8-3-1-2-7-22-19(26)15-11-16(27-23-15)17-5-4-10-28-17/h4-5,10-11,13-14H,1-3,6-9,12H2,(H2,21,25)(H,22,26)/t13-,14+/m1/s1. The average Bonchev–Trinajstić information content (AvgIpc) is 3.35. The van der Waals surface area contributed by atoms with Crippen LogP contribution in [0.5, 0.6) is 0 Å². The number of hydrogen-bond donors (Lipinski definition) is 2. The molecule has 2 aromatic rings. The number of primary amides is 1. The van der Waals surface area contributed by atoms with Gasteiger partial charge in [-0.05, 0) is 43.8 Å². The van der Waals surface area contributed by atoms with Crippen molar-refractivity contribution in [2.45, 2.75) is 31.9 Å². The molecule has 0 aromatic carbocycles. The number of aromatic nitrogens is 1. The van der Waals surface area contributed by atoms with Crippen LogP contribution >= 0.6 is 11.3 Å². The molecule has 0 saturated carbocycles. The van der Waals surface area contributed by atoms with Crippen LogP contribution in [-0.2, 0) is 4.79 Å². The van der Waals surface area contributed by atoms with Crippen LogP contribution < -0.4 is 11.1 Å². The SMILES string of the molecule is NC(=O)[C@@H]1CCN(CCCCCNC(=O)c2cc(-c3cccs3)on2)C[C@@H]1F. The quantitative estimate of drug-likeness (QED) is 0.621. The lowest BCUT2D eigenvalue weighted by molar-refractivity contribution is -0.125. The molecule has 1 fully saturated rings. The van der Waals surface area contributed by atoms with E-state index in [-0.39, 0.29) is 18.1 Å².